The second-order valence-electron chi connectivity index (χ2n) is 5.90. The number of amides is 2. The zero-order valence-electron chi connectivity index (χ0n) is 12.5. The highest BCUT2D eigenvalue weighted by Crippen LogP contribution is 2.12. The number of carbonyl (C=O) groups excluding carboxylic acids is 1. The Bertz CT molecular complexity index is 460. The molecule has 2 aliphatic rings. The number of piperazine rings is 1. The molecular weight excluding hydrogens is 294 g/mol. The number of urea groups is 1. The first-order chi connectivity index (χ1) is 9.89. The van der Waals surface area contributed by atoms with Gasteiger partial charge in [-0.1, -0.05) is 6.92 Å². The molecule has 2 atom stereocenters. The van der Waals surface area contributed by atoms with Gasteiger partial charge < -0.3 is 15.3 Å². The third-order valence-corrected chi connectivity index (χ3v) is 5.93. The highest BCUT2D eigenvalue weighted by Gasteiger charge is 2.31. The highest BCUT2D eigenvalue weighted by molar-refractivity contribution is 7.91. The van der Waals surface area contributed by atoms with Crippen molar-refractivity contribution in [1.29, 1.82) is 0 Å². The number of β-amino-alcohol motifs (C(OH)–C–C–N with tert-alkyl or cyclic N) is 1. The smallest absolute Gasteiger partial charge is 0.317 e. The maximum atomic E-state index is 12.1. The van der Waals surface area contributed by atoms with Crippen LogP contribution in [0.4, 0.5) is 4.79 Å². The Morgan fingerprint density at radius 3 is 2.52 bits per heavy atom. The molecule has 0 aromatic heterocycles. The molecule has 2 rings (SSSR count). The van der Waals surface area contributed by atoms with Crippen LogP contribution in [-0.4, -0.2) is 85.7 Å². The zero-order chi connectivity index (χ0) is 15.5. The Hall–Kier alpha value is -0.860. The van der Waals surface area contributed by atoms with E-state index in [0.29, 0.717) is 26.1 Å². The quantitative estimate of drug-likeness (QED) is 0.713. The zero-order valence-corrected chi connectivity index (χ0v) is 13.3. The van der Waals surface area contributed by atoms with Gasteiger partial charge in [0.15, 0.2) is 9.84 Å². The molecule has 7 nitrogen and oxygen atoms in total. The van der Waals surface area contributed by atoms with Crippen LogP contribution in [-0.2, 0) is 9.84 Å². The van der Waals surface area contributed by atoms with Gasteiger partial charge in [0, 0.05) is 38.8 Å². The average molecular weight is 319 g/mol. The first-order valence-electron chi connectivity index (χ1n) is 7.56. The Kier molecular flexibility index (Phi) is 5.45. The Balaban J connectivity index is 1.73. The van der Waals surface area contributed by atoms with Crippen molar-refractivity contribution in [3.63, 3.8) is 0 Å². The summed E-state index contributed by atoms with van der Waals surface area (Å²) in [5.41, 5.74) is 0. The Labute approximate surface area is 126 Å². The van der Waals surface area contributed by atoms with Crippen LogP contribution < -0.4 is 5.32 Å². The molecule has 0 aromatic rings. The van der Waals surface area contributed by atoms with E-state index in [2.05, 4.69) is 10.2 Å². The maximum Gasteiger partial charge on any atom is 0.317 e. The number of nitrogens with zero attached hydrogens (tertiary/aromatic N) is 2. The Morgan fingerprint density at radius 1 is 1.33 bits per heavy atom. The second-order valence-corrected chi connectivity index (χ2v) is 8.13. The van der Waals surface area contributed by atoms with Crippen LogP contribution >= 0.6 is 0 Å². The summed E-state index contributed by atoms with van der Waals surface area (Å²) in [6, 6.07) is -0.421. The molecule has 0 aromatic carbocycles. The van der Waals surface area contributed by atoms with Gasteiger partial charge in [-0.2, -0.15) is 0 Å². The molecule has 2 N–H and O–H groups in total. The number of carbonyl (C=O) groups is 1. The van der Waals surface area contributed by atoms with Crippen molar-refractivity contribution in [3.05, 3.63) is 0 Å². The summed E-state index contributed by atoms with van der Waals surface area (Å²) in [5.74, 6) is 0.224. The van der Waals surface area contributed by atoms with E-state index >= 15 is 0 Å². The van der Waals surface area contributed by atoms with Crippen LogP contribution in [0, 0.1) is 0 Å². The Morgan fingerprint density at radius 2 is 2.00 bits per heavy atom. The van der Waals surface area contributed by atoms with Crippen LogP contribution in [0.3, 0.4) is 0 Å². The minimum absolute atomic E-state index is 0.0569. The van der Waals surface area contributed by atoms with Crippen molar-refractivity contribution < 1.29 is 18.3 Å². The molecule has 0 spiro atoms. The van der Waals surface area contributed by atoms with Gasteiger partial charge in [0.1, 0.15) is 0 Å². The van der Waals surface area contributed by atoms with Gasteiger partial charge in [-0.3, -0.25) is 4.90 Å². The SMILES string of the molecule is CC[C@H](O)CN1CCN(C(=O)N[C@@H]2CCS(=O)(=O)C2)CC1. The summed E-state index contributed by atoms with van der Waals surface area (Å²) in [7, 11) is -2.97. The molecule has 0 radical (unpaired) electrons. The average Bonchev–Trinajstić information content (AvgIpc) is 2.78. The molecule has 2 aliphatic heterocycles. The fourth-order valence-corrected chi connectivity index (χ4v) is 4.41. The van der Waals surface area contributed by atoms with E-state index in [1.165, 1.54) is 0 Å². The number of nitrogens with one attached hydrogen (secondary N) is 1. The van der Waals surface area contributed by atoms with Gasteiger partial charge in [-0.15, -0.1) is 0 Å². The topological polar surface area (TPSA) is 89.9 Å². The summed E-state index contributed by atoms with van der Waals surface area (Å²) in [5, 5.41) is 12.4. The molecule has 0 aliphatic carbocycles. The second kappa shape index (κ2) is 6.93. The fraction of sp³-hybridized carbons (Fsp3) is 0.923. The number of sulfone groups is 1. The van der Waals surface area contributed by atoms with Gasteiger partial charge in [0.2, 0.25) is 0 Å². The molecule has 2 amide bonds. The summed E-state index contributed by atoms with van der Waals surface area (Å²) in [6.45, 7) is 5.31. The number of aliphatic hydroxyl groups excluding tert-OH is 1. The van der Waals surface area contributed by atoms with Gasteiger partial charge in [-0.05, 0) is 12.8 Å². The van der Waals surface area contributed by atoms with Gasteiger partial charge in [0.05, 0.1) is 17.6 Å². The van der Waals surface area contributed by atoms with E-state index in [0.717, 1.165) is 19.5 Å². The van der Waals surface area contributed by atoms with E-state index in [1.54, 1.807) is 4.90 Å². The van der Waals surface area contributed by atoms with Crippen LogP contribution in [0.15, 0.2) is 0 Å². The highest BCUT2D eigenvalue weighted by atomic mass is 32.2. The molecule has 2 saturated heterocycles. The molecule has 0 bridgehead atoms. The molecule has 2 fully saturated rings. The van der Waals surface area contributed by atoms with Gasteiger partial charge in [-0.25, -0.2) is 13.2 Å². The predicted molar refractivity (Wildman–Crippen MR) is 79.9 cm³/mol. The number of hydrogen-bond acceptors (Lipinski definition) is 5. The number of aliphatic hydroxyl groups is 1. The van der Waals surface area contributed by atoms with Crippen molar-refractivity contribution in [1.82, 2.24) is 15.1 Å². The lowest BCUT2D eigenvalue weighted by Gasteiger charge is -2.35. The van der Waals surface area contributed by atoms with Gasteiger partial charge in [0.25, 0.3) is 0 Å². The normalized spacial score (nSPS) is 27.5. The van der Waals surface area contributed by atoms with Crippen molar-refractivity contribution in [2.75, 3.05) is 44.2 Å². The summed E-state index contributed by atoms with van der Waals surface area (Å²) < 4.78 is 22.8. The van der Waals surface area contributed by atoms with Gasteiger partial charge >= 0.3 is 6.03 Å². The monoisotopic (exact) mass is 319 g/mol. The van der Waals surface area contributed by atoms with Crippen LogP contribution in [0.5, 0.6) is 0 Å². The minimum atomic E-state index is -2.97. The van der Waals surface area contributed by atoms with Crippen LogP contribution in [0.1, 0.15) is 19.8 Å². The summed E-state index contributed by atoms with van der Waals surface area (Å²) >= 11 is 0. The number of hydrogen-bond donors (Lipinski definition) is 2. The van der Waals surface area contributed by atoms with Crippen LogP contribution in [0.2, 0.25) is 0 Å². The summed E-state index contributed by atoms with van der Waals surface area (Å²) in [4.78, 5) is 16.0. The first-order valence-corrected chi connectivity index (χ1v) is 9.38. The molecule has 21 heavy (non-hydrogen) atoms. The molecule has 2 heterocycles. The standard InChI is InChI=1S/C13H25N3O4S/c1-2-12(17)9-15-4-6-16(7-5-15)13(18)14-11-3-8-21(19,20)10-11/h11-12,17H,2-10H2,1H3,(H,14,18)/t11-,12+/m1/s1. The minimum Gasteiger partial charge on any atom is -0.392 e. The lowest BCUT2D eigenvalue weighted by molar-refractivity contribution is 0.0788. The van der Waals surface area contributed by atoms with E-state index in [4.69, 9.17) is 0 Å². The first kappa shape index (κ1) is 16.5. The third-order valence-electron chi connectivity index (χ3n) is 4.16. The molecule has 8 heteroatoms. The third kappa shape index (κ3) is 4.82. The summed E-state index contributed by atoms with van der Waals surface area (Å²) in [6.07, 6.45) is 0.933. The lowest BCUT2D eigenvalue weighted by Crippen LogP contribution is -2.54. The molecule has 122 valence electrons. The molecule has 0 saturated carbocycles. The van der Waals surface area contributed by atoms with Crippen molar-refractivity contribution in [2.45, 2.75) is 31.9 Å². The molecular formula is C13H25N3O4S. The largest absolute Gasteiger partial charge is 0.392 e. The maximum absolute atomic E-state index is 12.1. The molecule has 0 unspecified atom stereocenters. The van der Waals surface area contributed by atoms with Crippen molar-refractivity contribution in [2.24, 2.45) is 0 Å². The van der Waals surface area contributed by atoms with Crippen molar-refractivity contribution >= 4 is 15.9 Å². The van der Waals surface area contributed by atoms with E-state index in [-0.39, 0.29) is 29.7 Å². The predicted octanol–water partition coefficient (Wildman–Crippen LogP) is -0.728. The van der Waals surface area contributed by atoms with Crippen molar-refractivity contribution in [3.8, 4) is 0 Å². The van der Waals surface area contributed by atoms with E-state index < -0.39 is 9.84 Å². The number of rotatable bonds is 4. The fourth-order valence-electron chi connectivity index (χ4n) is 2.74. The van der Waals surface area contributed by atoms with E-state index in [9.17, 15) is 18.3 Å². The lowest BCUT2D eigenvalue weighted by atomic mass is 10.2. The van der Waals surface area contributed by atoms with Crippen LogP contribution in [0.25, 0.3) is 0 Å². The van der Waals surface area contributed by atoms with E-state index in [1.807, 2.05) is 6.92 Å².